The molecule has 0 saturated carbocycles. The molecule has 1 saturated heterocycles. The van der Waals surface area contributed by atoms with Gasteiger partial charge in [0.25, 0.3) is 0 Å². The van der Waals surface area contributed by atoms with E-state index in [1.54, 1.807) is 17.3 Å². The Bertz CT molecular complexity index is 709. The number of hydrogen-bond donors (Lipinski definition) is 0. The summed E-state index contributed by atoms with van der Waals surface area (Å²) in [6.45, 7) is 9.14. The van der Waals surface area contributed by atoms with Gasteiger partial charge in [0.15, 0.2) is 0 Å². The first-order valence-electron chi connectivity index (χ1n) is 8.11. The lowest BCUT2D eigenvalue weighted by Gasteiger charge is -2.34. The maximum absolute atomic E-state index is 12.2. The van der Waals surface area contributed by atoms with Gasteiger partial charge < -0.3 is 14.2 Å². The van der Waals surface area contributed by atoms with E-state index in [2.05, 4.69) is 14.5 Å². The number of fused-ring (bicyclic) bond motifs is 1. The van der Waals surface area contributed by atoms with Crippen molar-refractivity contribution in [3.63, 3.8) is 0 Å². The summed E-state index contributed by atoms with van der Waals surface area (Å²) in [6.07, 6.45) is 5.21. The van der Waals surface area contributed by atoms with E-state index < -0.39 is 5.60 Å². The molecule has 0 radical (unpaired) electrons. The molecule has 1 aliphatic heterocycles. The van der Waals surface area contributed by atoms with Gasteiger partial charge in [0.1, 0.15) is 16.9 Å². The highest BCUT2D eigenvalue weighted by atomic mass is 16.6. The zero-order valence-corrected chi connectivity index (χ0v) is 14.2. The summed E-state index contributed by atoms with van der Waals surface area (Å²) in [5, 5.41) is 0. The zero-order chi connectivity index (χ0) is 16.6. The van der Waals surface area contributed by atoms with E-state index in [4.69, 9.17) is 4.74 Å². The van der Waals surface area contributed by atoms with Crippen LogP contribution in [0.25, 0.3) is 11.0 Å². The molecule has 3 rings (SSSR count). The van der Waals surface area contributed by atoms with Crippen LogP contribution in [-0.4, -0.2) is 44.2 Å². The Kier molecular flexibility index (Phi) is 4.00. The van der Waals surface area contributed by atoms with E-state index in [0.29, 0.717) is 19.1 Å². The van der Waals surface area contributed by atoms with E-state index in [-0.39, 0.29) is 6.09 Å². The highest BCUT2D eigenvalue weighted by Gasteiger charge is 2.28. The molecule has 0 aromatic carbocycles. The van der Waals surface area contributed by atoms with Gasteiger partial charge >= 0.3 is 6.09 Å². The van der Waals surface area contributed by atoms with Crippen LogP contribution in [0.1, 0.15) is 45.5 Å². The van der Waals surface area contributed by atoms with Crippen LogP contribution < -0.4 is 0 Å². The van der Waals surface area contributed by atoms with Crippen molar-refractivity contribution < 1.29 is 9.53 Å². The normalized spacial score (nSPS) is 16.8. The van der Waals surface area contributed by atoms with Gasteiger partial charge in [-0.3, -0.25) is 4.98 Å². The minimum Gasteiger partial charge on any atom is -0.444 e. The second kappa shape index (κ2) is 5.83. The third kappa shape index (κ3) is 3.30. The molecule has 2 aromatic heterocycles. The van der Waals surface area contributed by atoms with Gasteiger partial charge in [-0.05, 0) is 46.6 Å². The Balaban J connectivity index is 1.71. The smallest absolute Gasteiger partial charge is 0.410 e. The molecule has 6 nitrogen and oxygen atoms in total. The van der Waals surface area contributed by atoms with Crippen molar-refractivity contribution >= 4 is 17.1 Å². The summed E-state index contributed by atoms with van der Waals surface area (Å²) in [7, 11) is 0. The molecule has 23 heavy (non-hydrogen) atoms. The number of hydrogen-bond acceptors (Lipinski definition) is 4. The van der Waals surface area contributed by atoms with E-state index in [9.17, 15) is 4.79 Å². The van der Waals surface area contributed by atoms with E-state index in [0.717, 1.165) is 29.7 Å². The van der Waals surface area contributed by atoms with Gasteiger partial charge in [0.05, 0.1) is 11.7 Å². The van der Waals surface area contributed by atoms with Crippen molar-refractivity contribution in [3.8, 4) is 0 Å². The van der Waals surface area contributed by atoms with Gasteiger partial charge in [-0.15, -0.1) is 0 Å². The monoisotopic (exact) mass is 316 g/mol. The largest absolute Gasteiger partial charge is 0.444 e. The Labute approximate surface area is 136 Å². The van der Waals surface area contributed by atoms with Crippen molar-refractivity contribution in [3.05, 3.63) is 24.3 Å². The Morgan fingerprint density at radius 1 is 1.30 bits per heavy atom. The average molecular weight is 316 g/mol. The first-order chi connectivity index (χ1) is 10.8. The number of likely N-dealkylation sites (tertiary alicyclic amines) is 1. The number of rotatable bonds is 1. The summed E-state index contributed by atoms with van der Waals surface area (Å²) < 4.78 is 7.74. The molecule has 124 valence electrons. The Hall–Kier alpha value is -2.11. The maximum Gasteiger partial charge on any atom is 0.410 e. The number of aromatic nitrogens is 3. The lowest BCUT2D eigenvalue weighted by molar-refractivity contribution is 0.0189. The van der Waals surface area contributed by atoms with Crippen molar-refractivity contribution in [1.29, 1.82) is 0 Å². The molecule has 6 heteroatoms. The van der Waals surface area contributed by atoms with E-state index in [1.165, 1.54) is 0 Å². The van der Waals surface area contributed by atoms with Crippen LogP contribution in [0.5, 0.6) is 0 Å². The summed E-state index contributed by atoms with van der Waals surface area (Å²) in [5.74, 6) is 1.00. The van der Waals surface area contributed by atoms with Gasteiger partial charge in [-0.1, -0.05) is 0 Å². The van der Waals surface area contributed by atoms with Gasteiger partial charge in [-0.2, -0.15) is 0 Å². The fourth-order valence-corrected chi connectivity index (χ4v) is 3.17. The summed E-state index contributed by atoms with van der Waals surface area (Å²) in [4.78, 5) is 22.7. The number of carbonyl (C=O) groups excluding carboxylic acids is 1. The molecule has 0 spiro atoms. The molecule has 0 N–H and O–H groups in total. The van der Waals surface area contributed by atoms with Crippen LogP contribution in [0.15, 0.2) is 18.5 Å². The fraction of sp³-hybridized carbons (Fsp3) is 0.588. The highest BCUT2D eigenvalue weighted by Crippen LogP contribution is 2.28. The third-order valence-electron chi connectivity index (χ3n) is 4.15. The molecular weight excluding hydrogens is 292 g/mol. The fourth-order valence-electron chi connectivity index (χ4n) is 3.17. The summed E-state index contributed by atoms with van der Waals surface area (Å²) >= 11 is 0. The summed E-state index contributed by atoms with van der Waals surface area (Å²) in [5.41, 5.74) is 1.60. The average Bonchev–Trinajstić information content (AvgIpc) is 2.81. The van der Waals surface area contributed by atoms with Crippen LogP contribution in [0, 0.1) is 6.92 Å². The minimum atomic E-state index is -0.446. The molecule has 1 fully saturated rings. The second-order valence-corrected chi connectivity index (χ2v) is 7.09. The lowest BCUT2D eigenvalue weighted by atomic mass is 10.0. The Morgan fingerprint density at radius 2 is 2.00 bits per heavy atom. The Morgan fingerprint density at radius 3 is 2.65 bits per heavy atom. The first kappa shape index (κ1) is 15.8. The van der Waals surface area contributed by atoms with E-state index >= 15 is 0 Å². The van der Waals surface area contributed by atoms with E-state index in [1.807, 2.05) is 33.8 Å². The lowest BCUT2D eigenvalue weighted by Crippen LogP contribution is -2.42. The number of imidazole rings is 1. The maximum atomic E-state index is 12.2. The van der Waals surface area contributed by atoms with Crippen molar-refractivity contribution in [2.45, 2.75) is 52.2 Å². The quantitative estimate of drug-likeness (QED) is 0.810. The summed E-state index contributed by atoms with van der Waals surface area (Å²) in [6, 6.07) is 2.37. The molecule has 0 unspecified atom stereocenters. The molecule has 3 heterocycles. The highest BCUT2D eigenvalue weighted by molar-refractivity contribution is 5.75. The number of piperidine rings is 1. The molecule has 0 bridgehead atoms. The minimum absolute atomic E-state index is 0.215. The second-order valence-electron chi connectivity index (χ2n) is 7.09. The predicted octanol–water partition coefficient (Wildman–Crippen LogP) is 3.31. The number of aryl methyl sites for hydroxylation is 1. The molecular formula is C17H24N4O2. The number of pyridine rings is 1. The van der Waals surface area contributed by atoms with Crippen molar-refractivity contribution in [1.82, 2.24) is 19.4 Å². The van der Waals surface area contributed by atoms with Crippen LogP contribution in [-0.2, 0) is 4.74 Å². The molecule has 2 aromatic rings. The zero-order valence-electron chi connectivity index (χ0n) is 14.2. The SMILES string of the molecule is Cc1nc2cnccc2n1C1CCN(C(=O)OC(C)(C)C)CC1. The first-order valence-corrected chi connectivity index (χ1v) is 8.11. The molecule has 1 aliphatic rings. The molecule has 0 atom stereocenters. The van der Waals surface area contributed by atoms with Gasteiger partial charge in [0.2, 0.25) is 0 Å². The standard InChI is InChI=1S/C17H24N4O2/c1-12-19-14-11-18-8-5-15(14)21(12)13-6-9-20(10-7-13)16(22)23-17(2,3)4/h5,8,11,13H,6-7,9-10H2,1-4H3. The van der Waals surface area contributed by atoms with Gasteiger partial charge in [0, 0.05) is 25.3 Å². The molecule has 0 aliphatic carbocycles. The number of ether oxygens (including phenoxy) is 1. The molecule has 1 amide bonds. The topological polar surface area (TPSA) is 60.2 Å². The number of nitrogens with zero attached hydrogens (tertiary/aromatic N) is 4. The number of carbonyl (C=O) groups is 1. The predicted molar refractivity (Wildman–Crippen MR) is 88.3 cm³/mol. The van der Waals surface area contributed by atoms with Crippen LogP contribution in [0.2, 0.25) is 0 Å². The van der Waals surface area contributed by atoms with Gasteiger partial charge in [-0.25, -0.2) is 9.78 Å². The van der Waals surface area contributed by atoms with Crippen LogP contribution in [0.3, 0.4) is 0 Å². The van der Waals surface area contributed by atoms with Crippen molar-refractivity contribution in [2.75, 3.05) is 13.1 Å². The number of amides is 1. The third-order valence-corrected chi connectivity index (χ3v) is 4.15. The van der Waals surface area contributed by atoms with Crippen LogP contribution in [0.4, 0.5) is 4.79 Å². The van der Waals surface area contributed by atoms with Crippen LogP contribution >= 0.6 is 0 Å². The van der Waals surface area contributed by atoms with Crippen molar-refractivity contribution in [2.24, 2.45) is 0 Å².